The maximum atomic E-state index is 14.1. The Balaban J connectivity index is 1.50. The summed E-state index contributed by atoms with van der Waals surface area (Å²) in [5.74, 6) is 0.110. The van der Waals surface area contributed by atoms with Gasteiger partial charge in [-0.2, -0.15) is 0 Å². The molecular weight excluding hydrogens is 420 g/mol. The molecule has 4 aliphatic rings. The van der Waals surface area contributed by atoms with Crippen LogP contribution >= 0.6 is 23.2 Å². The summed E-state index contributed by atoms with van der Waals surface area (Å²) in [4.78, 5) is 30.1. The molecule has 2 amide bonds. The molecule has 7 atom stereocenters. The third-order valence-corrected chi connectivity index (χ3v) is 7.74. The third-order valence-electron chi connectivity index (χ3n) is 6.92. The zero-order valence-corrected chi connectivity index (χ0v) is 18.2. The quantitative estimate of drug-likeness (QED) is 0.666. The number of hydrogen-bond acceptors (Lipinski definition) is 4. The van der Waals surface area contributed by atoms with Gasteiger partial charge in [-0.15, -0.1) is 23.2 Å². The van der Waals surface area contributed by atoms with Crippen molar-refractivity contribution in [2.24, 2.45) is 17.8 Å². The average molecular weight is 450 g/mol. The summed E-state index contributed by atoms with van der Waals surface area (Å²) in [5, 5.41) is 2.94. The topological polar surface area (TPSA) is 61.9 Å². The molecule has 3 saturated heterocycles. The van der Waals surface area contributed by atoms with Crippen LogP contribution in [-0.4, -0.2) is 83.6 Å². The van der Waals surface area contributed by atoms with Gasteiger partial charge in [0.15, 0.2) is 0 Å². The fraction of sp³-hybridized carbons (Fsp3) is 0.900. The van der Waals surface area contributed by atoms with Crippen molar-refractivity contribution in [1.29, 1.82) is 0 Å². The molecule has 0 aromatic rings. The van der Waals surface area contributed by atoms with Crippen LogP contribution in [0.5, 0.6) is 0 Å². The Morgan fingerprint density at radius 3 is 2.59 bits per heavy atom. The molecule has 0 spiro atoms. The van der Waals surface area contributed by atoms with Crippen LogP contribution in [0.2, 0.25) is 0 Å². The Kier molecular flexibility index (Phi) is 6.59. The van der Waals surface area contributed by atoms with E-state index in [1.54, 1.807) is 9.80 Å². The second-order valence-corrected chi connectivity index (χ2v) is 10.3. The summed E-state index contributed by atoms with van der Waals surface area (Å²) in [6.45, 7) is 4.11. The van der Waals surface area contributed by atoms with Crippen molar-refractivity contribution in [2.45, 2.75) is 61.7 Å². The summed E-state index contributed by atoms with van der Waals surface area (Å²) in [7, 11) is 0. The molecule has 0 radical (unpaired) electrons. The van der Waals surface area contributed by atoms with Crippen LogP contribution in [0.1, 0.15) is 32.6 Å². The Morgan fingerprint density at radius 2 is 1.97 bits per heavy atom. The number of ether oxygens (including phenoxy) is 1. The first kappa shape index (κ1) is 21.6. The van der Waals surface area contributed by atoms with Crippen LogP contribution in [0.25, 0.3) is 0 Å². The number of hydrogen-bond donors (Lipinski definition) is 1. The summed E-state index contributed by atoms with van der Waals surface area (Å²) in [5.41, 5.74) is 0. The minimum absolute atomic E-state index is 0.000498. The lowest BCUT2D eigenvalue weighted by molar-refractivity contribution is -0.173. The molecule has 3 heterocycles. The van der Waals surface area contributed by atoms with E-state index in [1.165, 1.54) is 0 Å². The minimum atomic E-state index is -1.05. The van der Waals surface area contributed by atoms with Gasteiger partial charge >= 0.3 is 0 Å². The fourth-order valence-corrected chi connectivity index (χ4v) is 5.80. The number of carbonyl (C=O) groups excluding carboxylic acids is 2. The number of alkyl halides is 3. The van der Waals surface area contributed by atoms with Crippen LogP contribution in [0.4, 0.5) is 4.39 Å². The summed E-state index contributed by atoms with van der Waals surface area (Å²) >= 11 is 12.3. The van der Waals surface area contributed by atoms with E-state index in [4.69, 9.17) is 27.9 Å². The van der Waals surface area contributed by atoms with E-state index in [-0.39, 0.29) is 47.7 Å². The van der Waals surface area contributed by atoms with Crippen LogP contribution < -0.4 is 5.32 Å². The number of rotatable bonds is 4. The van der Waals surface area contributed by atoms with Gasteiger partial charge in [-0.1, -0.05) is 6.92 Å². The molecule has 0 aromatic heterocycles. The molecule has 1 saturated carbocycles. The Morgan fingerprint density at radius 1 is 1.21 bits per heavy atom. The average Bonchev–Trinajstić information content (AvgIpc) is 2.62. The predicted molar refractivity (Wildman–Crippen MR) is 109 cm³/mol. The van der Waals surface area contributed by atoms with Crippen molar-refractivity contribution in [1.82, 2.24) is 15.1 Å². The van der Waals surface area contributed by atoms with E-state index in [0.29, 0.717) is 39.1 Å². The Hall–Kier alpha value is -0.630. The molecule has 0 bridgehead atoms. The van der Waals surface area contributed by atoms with Crippen LogP contribution in [0, 0.1) is 17.8 Å². The molecule has 1 N–H and O–H groups in total. The Bertz CT molecular complexity index is 638. The summed E-state index contributed by atoms with van der Waals surface area (Å²) < 4.78 is 19.5. The van der Waals surface area contributed by atoms with Crippen molar-refractivity contribution in [2.75, 3.05) is 32.8 Å². The highest BCUT2D eigenvalue weighted by Crippen LogP contribution is 2.34. The maximum absolute atomic E-state index is 14.1. The SMILES string of the molecule is CC1CC(Cl)CNC1N1CC(=O)N(CC2CCC(Cl)C(F)C2)[C@H](C2COC2)C1=O. The first-order chi connectivity index (χ1) is 13.8. The van der Waals surface area contributed by atoms with Crippen molar-refractivity contribution < 1.29 is 18.7 Å². The fourth-order valence-electron chi connectivity index (χ4n) is 5.20. The van der Waals surface area contributed by atoms with E-state index >= 15 is 0 Å². The van der Waals surface area contributed by atoms with Crippen molar-refractivity contribution in [3.8, 4) is 0 Å². The van der Waals surface area contributed by atoms with Gasteiger partial charge in [0.1, 0.15) is 18.8 Å². The maximum Gasteiger partial charge on any atom is 0.247 e. The number of halogens is 3. The number of nitrogens with zero attached hydrogens (tertiary/aromatic N) is 2. The summed E-state index contributed by atoms with van der Waals surface area (Å²) in [6, 6.07) is -0.528. The van der Waals surface area contributed by atoms with Crippen molar-refractivity contribution >= 4 is 35.0 Å². The zero-order chi connectivity index (χ0) is 20.7. The lowest BCUT2D eigenvalue weighted by Crippen LogP contribution is -2.70. The molecule has 4 fully saturated rings. The highest BCUT2D eigenvalue weighted by Gasteiger charge is 2.49. The van der Waals surface area contributed by atoms with E-state index in [2.05, 4.69) is 12.2 Å². The number of piperazine rings is 1. The van der Waals surface area contributed by atoms with Crippen molar-refractivity contribution in [3.05, 3.63) is 0 Å². The highest BCUT2D eigenvalue weighted by atomic mass is 35.5. The van der Waals surface area contributed by atoms with Gasteiger partial charge in [0.05, 0.1) is 24.8 Å². The zero-order valence-electron chi connectivity index (χ0n) is 16.7. The number of amides is 2. The van der Waals surface area contributed by atoms with E-state index in [9.17, 15) is 14.0 Å². The number of piperidine rings is 1. The molecule has 164 valence electrons. The molecular formula is C20H30Cl2FN3O3. The van der Waals surface area contributed by atoms with Gasteiger partial charge in [0.2, 0.25) is 11.8 Å². The van der Waals surface area contributed by atoms with Gasteiger partial charge in [0, 0.05) is 24.4 Å². The molecule has 3 aliphatic heterocycles. The smallest absolute Gasteiger partial charge is 0.247 e. The first-order valence-corrected chi connectivity index (χ1v) is 11.6. The third kappa shape index (κ3) is 4.39. The van der Waals surface area contributed by atoms with Gasteiger partial charge in [-0.05, 0) is 37.5 Å². The van der Waals surface area contributed by atoms with Crippen LogP contribution in [-0.2, 0) is 14.3 Å². The molecule has 9 heteroatoms. The lowest BCUT2D eigenvalue weighted by atomic mass is 9.85. The van der Waals surface area contributed by atoms with Gasteiger partial charge in [-0.3, -0.25) is 14.9 Å². The second kappa shape index (κ2) is 8.85. The molecule has 4 rings (SSSR count). The van der Waals surface area contributed by atoms with E-state index in [1.807, 2.05) is 0 Å². The minimum Gasteiger partial charge on any atom is -0.380 e. The van der Waals surface area contributed by atoms with Gasteiger partial charge < -0.3 is 14.5 Å². The molecule has 1 aliphatic carbocycles. The lowest BCUT2D eigenvalue weighted by Gasteiger charge is -2.50. The normalized spacial score (nSPS) is 42.1. The first-order valence-electron chi connectivity index (χ1n) is 10.7. The molecule has 29 heavy (non-hydrogen) atoms. The monoisotopic (exact) mass is 449 g/mol. The van der Waals surface area contributed by atoms with Gasteiger partial charge in [-0.25, -0.2) is 4.39 Å². The number of carbonyl (C=O) groups is 2. The Labute approximate surface area is 181 Å². The number of nitrogens with one attached hydrogen (secondary N) is 1. The molecule has 0 aromatic carbocycles. The predicted octanol–water partition coefficient (Wildman–Crippen LogP) is 1.98. The van der Waals surface area contributed by atoms with Crippen LogP contribution in [0.15, 0.2) is 0 Å². The highest BCUT2D eigenvalue weighted by molar-refractivity contribution is 6.21. The summed E-state index contributed by atoms with van der Waals surface area (Å²) in [6.07, 6.45) is 1.30. The van der Waals surface area contributed by atoms with E-state index < -0.39 is 17.6 Å². The molecule has 6 nitrogen and oxygen atoms in total. The molecule has 6 unspecified atom stereocenters. The van der Waals surface area contributed by atoms with Crippen molar-refractivity contribution in [3.63, 3.8) is 0 Å². The largest absolute Gasteiger partial charge is 0.380 e. The standard InChI is InChI=1S/C20H30Cl2FN3O3/c1-11-4-14(21)6-24-19(11)26-8-17(27)25(18(20(26)28)13-9-29-10-13)7-12-2-3-15(22)16(23)5-12/h11-16,18-19,24H,2-10H2,1H3/t11?,12?,14?,15?,16?,18-,19?/m1/s1. The van der Waals surface area contributed by atoms with E-state index in [0.717, 1.165) is 12.8 Å². The second-order valence-electron chi connectivity index (χ2n) is 9.13. The van der Waals surface area contributed by atoms with Crippen LogP contribution in [0.3, 0.4) is 0 Å². The van der Waals surface area contributed by atoms with Gasteiger partial charge in [0.25, 0.3) is 0 Å².